The summed E-state index contributed by atoms with van der Waals surface area (Å²) in [5, 5.41) is 15.4. The first kappa shape index (κ1) is 13.7. The average molecular weight is 276 g/mol. The molecule has 1 aromatic heterocycles. The van der Waals surface area contributed by atoms with Crippen molar-refractivity contribution in [2.45, 2.75) is 25.9 Å². The number of carboxylic acids is 1. The monoisotopic (exact) mass is 276 g/mol. The topological polar surface area (TPSA) is 62.2 Å². The Morgan fingerprint density at radius 3 is 2.74 bits per heavy atom. The summed E-state index contributed by atoms with van der Waals surface area (Å²) >= 11 is 1.61. The van der Waals surface area contributed by atoms with Gasteiger partial charge in [-0.05, 0) is 12.0 Å². The molecule has 0 saturated heterocycles. The van der Waals surface area contributed by atoms with E-state index < -0.39 is 12.0 Å². The molecule has 100 valence electrons. The molecular formula is C14H16N2O2S. The highest BCUT2D eigenvalue weighted by molar-refractivity contribution is 7.09. The lowest BCUT2D eigenvalue weighted by molar-refractivity contribution is -0.139. The van der Waals surface area contributed by atoms with Crippen molar-refractivity contribution in [3.8, 4) is 0 Å². The van der Waals surface area contributed by atoms with Crippen molar-refractivity contribution < 1.29 is 9.90 Å². The lowest BCUT2D eigenvalue weighted by atomic mass is 10.1. The summed E-state index contributed by atoms with van der Waals surface area (Å²) in [6.45, 7) is 2.52. The molecule has 0 fully saturated rings. The number of thiazole rings is 1. The quantitative estimate of drug-likeness (QED) is 0.851. The van der Waals surface area contributed by atoms with E-state index in [1.54, 1.807) is 11.3 Å². The van der Waals surface area contributed by atoms with Crippen molar-refractivity contribution in [1.82, 2.24) is 10.3 Å². The Morgan fingerprint density at radius 2 is 2.16 bits per heavy atom. The standard InChI is InChI=1S/C14H16N2O2S/c1-2-12-16-11(9-19-12)8-15-13(14(17)18)10-6-4-3-5-7-10/h3-7,9,13,15H,2,8H2,1H3,(H,17,18)/t13-/m0/s1. The third-order valence-corrected chi connectivity index (χ3v) is 3.81. The van der Waals surface area contributed by atoms with Crippen LogP contribution in [-0.2, 0) is 17.8 Å². The highest BCUT2D eigenvalue weighted by Crippen LogP contribution is 2.15. The Morgan fingerprint density at radius 1 is 1.42 bits per heavy atom. The van der Waals surface area contributed by atoms with Crippen molar-refractivity contribution in [3.63, 3.8) is 0 Å². The lowest BCUT2D eigenvalue weighted by Crippen LogP contribution is -2.28. The van der Waals surface area contributed by atoms with Crippen LogP contribution in [-0.4, -0.2) is 16.1 Å². The minimum Gasteiger partial charge on any atom is -0.480 e. The first-order valence-corrected chi connectivity index (χ1v) is 7.03. The van der Waals surface area contributed by atoms with Crippen molar-refractivity contribution in [2.75, 3.05) is 0 Å². The number of nitrogens with zero attached hydrogens (tertiary/aromatic N) is 1. The van der Waals surface area contributed by atoms with Crippen LogP contribution in [0.4, 0.5) is 0 Å². The molecule has 0 bridgehead atoms. The van der Waals surface area contributed by atoms with Gasteiger partial charge in [-0.15, -0.1) is 11.3 Å². The zero-order valence-electron chi connectivity index (χ0n) is 10.7. The molecule has 2 aromatic rings. The van der Waals surface area contributed by atoms with Crippen LogP contribution >= 0.6 is 11.3 Å². The molecule has 4 nitrogen and oxygen atoms in total. The zero-order chi connectivity index (χ0) is 13.7. The molecule has 2 N–H and O–H groups in total. The van der Waals surface area contributed by atoms with E-state index in [1.807, 2.05) is 35.7 Å². The molecule has 0 unspecified atom stereocenters. The predicted octanol–water partition coefficient (Wildman–Crippen LogP) is 2.62. The molecule has 1 heterocycles. The van der Waals surface area contributed by atoms with Gasteiger partial charge in [0.1, 0.15) is 6.04 Å². The van der Waals surface area contributed by atoms with Gasteiger partial charge in [-0.25, -0.2) is 4.98 Å². The summed E-state index contributed by atoms with van der Waals surface area (Å²) in [6.07, 6.45) is 0.908. The van der Waals surface area contributed by atoms with Gasteiger partial charge < -0.3 is 5.11 Å². The molecule has 2 rings (SSSR count). The number of carboxylic acid groups (broad SMARTS) is 1. The minimum absolute atomic E-state index is 0.461. The van der Waals surface area contributed by atoms with Crippen LogP contribution in [0, 0.1) is 0 Å². The number of carbonyl (C=O) groups is 1. The van der Waals surface area contributed by atoms with E-state index in [0.717, 1.165) is 22.7 Å². The number of rotatable bonds is 6. The molecule has 1 atom stereocenters. The maximum atomic E-state index is 11.3. The molecule has 0 radical (unpaired) electrons. The van der Waals surface area contributed by atoms with Crippen LogP contribution in [0.3, 0.4) is 0 Å². The molecule has 0 aliphatic carbocycles. The first-order valence-electron chi connectivity index (χ1n) is 6.15. The number of hydrogen-bond acceptors (Lipinski definition) is 4. The summed E-state index contributed by atoms with van der Waals surface area (Å²) in [5.41, 5.74) is 1.64. The van der Waals surface area contributed by atoms with Crippen molar-refractivity contribution >= 4 is 17.3 Å². The van der Waals surface area contributed by atoms with E-state index in [2.05, 4.69) is 17.2 Å². The van der Waals surface area contributed by atoms with Gasteiger partial charge in [-0.3, -0.25) is 10.1 Å². The van der Waals surface area contributed by atoms with Crippen LogP contribution in [0.5, 0.6) is 0 Å². The highest BCUT2D eigenvalue weighted by Gasteiger charge is 2.18. The first-order chi connectivity index (χ1) is 9.20. The number of benzene rings is 1. The van der Waals surface area contributed by atoms with Gasteiger partial charge >= 0.3 is 5.97 Å². The fourth-order valence-electron chi connectivity index (χ4n) is 1.79. The van der Waals surface area contributed by atoms with Crippen molar-refractivity contribution in [2.24, 2.45) is 0 Å². The van der Waals surface area contributed by atoms with Crippen LogP contribution in [0.25, 0.3) is 0 Å². The van der Waals surface area contributed by atoms with Crippen molar-refractivity contribution in [1.29, 1.82) is 0 Å². The summed E-state index contributed by atoms with van der Waals surface area (Å²) in [6, 6.07) is 8.47. The molecule has 1 aromatic carbocycles. The fourth-order valence-corrected chi connectivity index (χ4v) is 2.54. The Bertz CT molecular complexity index is 539. The lowest BCUT2D eigenvalue weighted by Gasteiger charge is -2.13. The summed E-state index contributed by atoms with van der Waals surface area (Å²) < 4.78 is 0. The molecule has 5 heteroatoms. The van der Waals surface area contributed by atoms with Gasteiger partial charge in [0.15, 0.2) is 0 Å². The fraction of sp³-hybridized carbons (Fsp3) is 0.286. The van der Waals surface area contributed by atoms with E-state index in [-0.39, 0.29) is 0 Å². The average Bonchev–Trinajstić information content (AvgIpc) is 2.88. The van der Waals surface area contributed by atoms with Crippen LogP contribution in [0.2, 0.25) is 0 Å². The molecule has 0 aliphatic heterocycles. The molecule has 19 heavy (non-hydrogen) atoms. The second-order valence-electron chi connectivity index (χ2n) is 4.15. The molecule has 0 amide bonds. The Balaban J connectivity index is 2.04. The summed E-state index contributed by atoms with van der Waals surface area (Å²) in [5.74, 6) is -0.878. The Labute approximate surface area is 116 Å². The third kappa shape index (κ3) is 3.62. The van der Waals surface area contributed by atoms with E-state index in [1.165, 1.54) is 0 Å². The van der Waals surface area contributed by atoms with Crippen LogP contribution in [0.15, 0.2) is 35.7 Å². The van der Waals surface area contributed by atoms with E-state index in [4.69, 9.17) is 0 Å². The Hall–Kier alpha value is -1.72. The Kier molecular flexibility index (Phi) is 4.65. The van der Waals surface area contributed by atoms with Crippen LogP contribution in [0.1, 0.15) is 29.2 Å². The van der Waals surface area contributed by atoms with Gasteiger partial charge in [0.25, 0.3) is 0 Å². The molecule has 0 spiro atoms. The maximum Gasteiger partial charge on any atom is 0.325 e. The molecule has 0 saturated carbocycles. The second-order valence-corrected chi connectivity index (χ2v) is 5.09. The van der Waals surface area contributed by atoms with Gasteiger partial charge in [0, 0.05) is 11.9 Å². The highest BCUT2D eigenvalue weighted by atomic mass is 32.1. The molecule has 0 aliphatic rings. The van der Waals surface area contributed by atoms with Gasteiger partial charge in [-0.2, -0.15) is 0 Å². The number of aryl methyl sites for hydroxylation is 1. The van der Waals surface area contributed by atoms with E-state index >= 15 is 0 Å². The SMILES string of the molecule is CCc1nc(CN[C@H](C(=O)O)c2ccccc2)cs1. The van der Waals surface area contributed by atoms with Crippen molar-refractivity contribution in [3.05, 3.63) is 52.0 Å². The minimum atomic E-state index is -0.878. The van der Waals surface area contributed by atoms with Gasteiger partial charge in [0.2, 0.25) is 0 Å². The smallest absolute Gasteiger partial charge is 0.325 e. The zero-order valence-corrected chi connectivity index (χ0v) is 11.5. The number of hydrogen-bond donors (Lipinski definition) is 2. The predicted molar refractivity (Wildman–Crippen MR) is 75.2 cm³/mol. The number of nitrogens with one attached hydrogen (secondary N) is 1. The maximum absolute atomic E-state index is 11.3. The summed E-state index contributed by atoms with van der Waals surface area (Å²) in [7, 11) is 0. The largest absolute Gasteiger partial charge is 0.480 e. The van der Waals surface area contributed by atoms with Gasteiger partial charge in [-0.1, -0.05) is 37.3 Å². The summed E-state index contributed by atoms with van der Waals surface area (Å²) in [4.78, 5) is 15.7. The van der Waals surface area contributed by atoms with E-state index in [9.17, 15) is 9.90 Å². The third-order valence-electron chi connectivity index (χ3n) is 2.77. The second kappa shape index (κ2) is 6.45. The van der Waals surface area contributed by atoms with E-state index in [0.29, 0.717) is 6.54 Å². The van der Waals surface area contributed by atoms with Crippen LogP contribution < -0.4 is 5.32 Å². The number of aliphatic carboxylic acids is 1. The van der Waals surface area contributed by atoms with Gasteiger partial charge in [0.05, 0.1) is 10.7 Å². The normalized spacial score (nSPS) is 12.3. The molecular weight excluding hydrogens is 260 g/mol. The number of aromatic nitrogens is 1.